The first-order valence-electron chi connectivity index (χ1n) is 8.09. The standard InChI is InChI=1S/C19H18N2O2/c1-6-19(7-9-21(8-1)12-19)15-3-4-16(20-11-15)14-2-5-17-18(10-14)23-13-22-17/h1-6,10-11H,7-9,12-13H2. The van der Waals surface area contributed by atoms with Crippen molar-refractivity contribution in [2.75, 3.05) is 26.4 Å². The topological polar surface area (TPSA) is 34.6 Å². The van der Waals surface area contributed by atoms with E-state index in [1.54, 1.807) is 0 Å². The van der Waals surface area contributed by atoms with Gasteiger partial charge in [0, 0.05) is 30.3 Å². The van der Waals surface area contributed by atoms with Gasteiger partial charge in [-0.15, -0.1) is 0 Å². The molecular formula is C19H18N2O2. The number of ether oxygens (including phenoxy) is 2. The molecule has 2 unspecified atom stereocenters. The van der Waals surface area contributed by atoms with Crippen LogP contribution in [0.1, 0.15) is 12.0 Å². The van der Waals surface area contributed by atoms with Crippen molar-refractivity contribution in [2.45, 2.75) is 11.8 Å². The molecule has 3 aliphatic heterocycles. The molecule has 4 heteroatoms. The quantitative estimate of drug-likeness (QED) is 0.799. The van der Waals surface area contributed by atoms with Crippen molar-refractivity contribution in [3.05, 3.63) is 54.2 Å². The molecule has 1 aromatic carbocycles. The number of hydrogen-bond acceptors (Lipinski definition) is 4. The Balaban J connectivity index is 1.48. The summed E-state index contributed by atoms with van der Waals surface area (Å²) in [7, 11) is 0. The number of benzene rings is 1. The predicted octanol–water partition coefficient (Wildman–Crippen LogP) is 2.99. The third-order valence-corrected chi connectivity index (χ3v) is 5.19. The zero-order valence-electron chi connectivity index (χ0n) is 12.9. The Morgan fingerprint density at radius 2 is 2.04 bits per heavy atom. The van der Waals surface area contributed by atoms with Gasteiger partial charge in [0.1, 0.15) is 0 Å². The fraction of sp³-hybridized carbons (Fsp3) is 0.316. The van der Waals surface area contributed by atoms with E-state index in [2.05, 4.69) is 29.2 Å². The van der Waals surface area contributed by atoms with Crippen LogP contribution in [0.4, 0.5) is 0 Å². The Bertz CT molecular complexity index is 784. The number of nitrogens with zero attached hydrogens (tertiary/aromatic N) is 2. The smallest absolute Gasteiger partial charge is 0.231 e. The summed E-state index contributed by atoms with van der Waals surface area (Å²) in [6.45, 7) is 3.69. The minimum atomic E-state index is 0.165. The molecule has 2 atom stereocenters. The molecule has 2 bridgehead atoms. The molecule has 1 fully saturated rings. The second-order valence-electron chi connectivity index (χ2n) is 6.54. The summed E-state index contributed by atoms with van der Waals surface area (Å²) < 4.78 is 10.8. The Kier molecular flexibility index (Phi) is 2.76. The van der Waals surface area contributed by atoms with Crippen LogP contribution in [0.2, 0.25) is 0 Å². The SMILES string of the molecule is C1=CC2(c3ccc(-c4ccc5c(c4)OCO5)nc3)CCN(C1)C2. The third-order valence-electron chi connectivity index (χ3n) is 5.19. The molecule has 0 spiro atoms. The fourth-order valence-electron chi connectivity index (χ4n) is 3.88. The van der Waals surface area contributed by atoms with Gasteiger partial charge < -0.3 is 9.47 Å². The van der Waals surface area contributed by atoms with E-state index in [4.69, 9.17) is 14.5 Å². The van der Waals surface area contributed by atoms with Crippen LogP contribution in [0.5, 0.6) is 11.5 Å². The van der Waals surface area contributed by atoms with Crippen LogP contribution in [0, 0.1) is 0 Å². The van der Waals surface area contributed by atoms with E-state index in [0.717, 1.165) is 35.8 Å². The van der Waals surface area contributed by atoms with Gasteiger partial charge in [-0.2, -0.15) is 0 Å². The number of hydrogen-bond donors (Lipinski definition) is 0. The molecule has 1 saturated heterocycles. The maximum Gasteiger partial charge on any atom is 0.231 e. The van der Waals surface area contributed by atoms with Crippen molar-refractivity contribution in [2.24, 2.45) is 0 Å². The lowest BCUT2D eigenvalue weighted by Gasteiger charge is -2.29. The van der Waals surface area contributed by atoms with Crippen molar-refractivity contribution in [1.29, 1.82) is 0 Å². The van der Waals surface area contributed by atoms with Gasteiger partial charge in [0.25, 0.3) is 0 Å². The molecule has 2 aromatic rings. The molecule has 0 aliphatic carbocycles. The molecule has 0 N–H and O–H groups in total. The van der Waals surface area contributed by atoms with Crippen molar-refractivity contribution >= 4 is 0 Å². The third kappa shape index (κ3) is 2.05. The molecule has 23 heavy (non-hydrogen) atoms. The van der Waals surface area contributed by atoms with E-state index in [1.807, 2.05) is 24.4 Å². The first-order valence-corrected chi connectivity index (χ1v) is 8.09. The molecular weight excluding hydrogens is 288 g/mol. The Hall–Kier alpha value is -2.33. The van der Waals surface area contributed by atoms with E-state index in [-0.39, 0.29) is 5.41 Å². The van der Waals surface area contributed by atoms with Gasteiger partial charge in [0.15, 0.2) is 11.5 Å². The lowest BCUT2D eigenvalue weighted by Crippen LogP contribution is -2.33. The van der Waals surface area contributed by atoms with Crippen LogP contribution in [0.15, 0.2) is 48.7 Å². The van der Waals surface area contributed by atoms with Crippen LogP contribution in [-0.4, -0.2) is 36.3 Å². The largest absolute Gasteiger partial charge is 0.454 e. The van der Waals surface area contributed by atoms with Crippen LogP contribution < -0.4 is 9.47 Å². The molecule has 5 rings (SSSR count). The Labute approximate surface area is 135 Å². The summed E-state index contributed by atoms with van der Waals surface area (Å²) in [5, 5.41) is 0. The second-order valence-corrected chi connectivity index (χ2v) is 6.54. The summed E-state index contributed by atoms with van der Waals surface area (Å²) in [4.78, 5) is 7.22. The lowest BCUT2D eigenvalue weighted by molar-refractivity contribution is 0.174. The first-order chi connectivity index (χ1) is 11.3. The van der Waals surface area contributed by atoms with Gasteiger partial charge in [-0.25, -0.2) is 0 Å². The molecule has 3 aliphatic rings. The second kappa shape index (κ2) is 4.83. The molecule has 0 radical (unpaired) electrons. The van der Waals surface area contributed by atoms with E-state index < -0.39 is 0 Å². The van der Waals surface area contributed by atoms with E-state index in [1.165, 1.54) is 18.5 Å². The van der Waals surface area contributed by atoms with Crippen LogP contribution >= 0.6 is 0 Å². The van der Waals surface area contributed by atoms with Gasteiger partial charge in [-0.05, 0) is 42.8 Å². The first kappa shape index (κ1) is 13.1. The summed E-state index contributed by atoms with van der Waals surface area (Å²) >= 11 is 0. The number of aromatic nitrogens is 1. The van der Waals surface area contributed by atoms with Crippen molar-refractivity contribution in [3.63, 3.8) is 0 Å². The predicted molar refractivity (Wildman–Crippen MR) is 87.7 cm³/mol. The highest BCUT2D eigenvalue weighted by Crippen LogP contribution is 2.39. The van der Waals surface area contributed by atoms with Gasteiger partial charge in [0.2, 0.25) is 6.79 Å². The van der Waals surface area contributed by atoms with E-state index >= 15 is 0 Å². The van der Waals surface area contributed by atoms with E-state index in [9.17, 15) is 0 Å². The van der Waals surface area contributed by atoms with Crippen LogP contribution in [0.25, 0.3) is 11.3 Å². The highest BCUT2D eigenvalue weighted by Gasteiger charge is 2.39. The van der Waals surface area contributed by atoms with Crippen molar-refractivity contribution < 1.29 is 9.47 Å². The summed E-state index contributed by atoms with van der Waals surface area (Å²) in [5.74, 6) is 1.61. The zero-order chi connectivity index (χ0) is 15.3. The summed E-state index contributed by atoms with van der Waals surface area (Å²) in [5.41, 5.74) is 3.52. The average molecular weight is 306 g/mol. The molecule has 4 heterocycles. The molecule has 0 amide bonds. The summed E-state index contributed by atoms with van der Waals surface area (Å²) in [6.07, 6.45) is 7.91. The lowest BCUT2D eigenvalue weighted by atomic mass is 9.79. The van der Waals surface area contributed by atoms with E-state index in [0.29, 0.717) is 6.79 Å². The summed E-state index contributed by atoms with van der Waals surface area (Å²) in [6, 6.07) is 10.3. The van der Waals surface area contributed by atoms with Gasteiger partial charge in [-0.3, -0.25) is 9.88 Å². The van der Waals surface area contributed by atoms with Gasteiger partial charge >= 0.3 is 0 Å². The maximum atomic E-state index is 5.45. The van der Waals surface area contributed by atoms with Gasteiger partial charge in [0.05, 0.1) is 5.69 Å². The highest BCUT2D eigenvalue weighted by atomic mass is 16.7. The molecule has 4 nitrogen and oxygen atoms in total. The normalized spacial score (nSPS) is 27.4. The average Bonchev–Trinajstić information content (AvgIpc) is 3.19. The molecule has 116 valence electrons. The highest BCUT2D eigenvalue weighted by molar-refractivity contribution is 5.64. The molecule has 1 aromatic heterocycles. The number of rotatable bonds is 2. The molecule has 0 saturated carbocycles. The maximum absolute atomic E-state index is 5.45. The van der Waals surface area contributed by atoms with Crippen LogP contribution in [-0.2, 0) is 5.41 Å². The minimum absolute atomic E-state index is 0.165. The zero-order valence-corrected chi connectivity index (χ0v) is 12.9. The van der Waals surface area contributed by atoms with Gasteiger partial charge in [-0.1, -0.05) is 18.2 Å². The fourth-order valence-corrected chi connectivity index (χ4v) is 3.88. The monoisotopic (exact) mass is 306 g/mol. The van der Waals surface area contributed by atoms with Crippen LogP contribution in [0.3, 0.4) is 0 Å². The number of pyridine rings is 1. The Morgan fingerprint density at radius 3 is 2.96 bits per heavy atom. The Morgan fingerprint density at radius 1 is 1.09 bits per heavy atom. The number of fused-ring (bicyclic) bond motifs is 3. The van der Waals surface area contributed by atoms with Crippen molar-refractivity contribution in [3.8, 4) is 22.8 Å². The minimum Gasteiger partial charge on any atom is -0.454 e. The van der Waals surface area contributed by atoms with Crippen molar-refractivity contribution in [1.82, 2.24) is 9.88 Å².